The quantitative estimate of drug-likeness (QED) is 0.456. The fraction of sp³-hybridized carbons (Fsp3) is 0.120. The van der Waals surface area contributed by atoms with Gasteiger partial charge < -0.3 is 19.7 Å². The minimum Gasteiger partial charge on any atom is -0.507 e. The number of aromatic hydroxyl groups is 1. The van der Waals surface area contributed by atoms with Crippen LogP contribution in [0.4, 0.5) is 5.69 Å². The largest absolute Gasteiger partial charge is 0.507 e. The highest BCUT2D eigenvalue weighted by molar-refractivity contribution is 6.03. The Balaban J connectivity index is 1.58. The Kier molecular flexibility index (Phi) is 5.45. The number of anilines is 1. The molecule has 2 heterocycles. The number of aromatic nitrogens is 2. The molecule has 0 saturated heterocycles. The predicted octanol–water partition coefficient (Wildman–Crippen LogP) is 5.45. The Morgan fingerprint density at radius 1 is 1.03 bits per heavy atom. The number of ether oxygens (including phenoxy) is 1. The van der Waals surface area contributed by atoms with Gasteiger partial charge in [-0.1, -0.05) is 12.1 Å². The van der Waals surface area contributed by atoms with Gasteiger partial charge in [0.15, 0.2) is 0 Å². The van der Waals surface area contributed by atoms with E-state index < -0.39 is 0 Å². The number of carbonyl (C=O) groups excluding carboxylic acids is 1. The number of benzene rings is 2. The summed E-state index contributed by atoms with van der Waals surface area (Å²) in [5.41, 5.74) is 4.44. The lowest BCUT2D eigenvalue weighted by atomic mass is 10.1. The minimum absolute atomic E-state index is 0.126. The second kappa shape index (κ2) is 8.36. The summed E-state index contributed by atoms with van der Waals surface area (Å²) in [4.78, 5) is 17.0. The van der Waals surface area contributed by atoms with Crippen molar-refractivity contribution in [2.24, 2.45) is 7.05 Å². The molecule has 31 heavy (non-hydrogen) atoms. The lowest BCUT2D eigenvalue weighted by Crippen LogP contribution is -2.16. The molecule has 2 N–H and O–H groups in total. The normalized spacial score (nSPS) is 10.7. The van der Waals surface area contributed by atoms with Crippen molar-refractivity contribution in [3.8, 4) is 28.5 Å². The van der Waals surface area contributed by atoms with Gasteiger partial charge in [0.25, 0.3) is 5.91 Å². The number of rotatable bonds is 5. The van der Waals surface area contributed by atoms with E-state index in [1.807, 2.05) is 63.5 Å². The van der Waals surface area contributed by atoms with E-state index in [9.17, 15) is 9.90 Å². The van der Waals surface area contributed by atoms with Gasteiger partial charge in [-0.05, 0) is 67.4 Å². The summed E-state index contributed by atoms with van der Waals surface area (Å²) in [5, 5.41) is 13.2. The van der Waals surface area contributed by atoms with E-state index in [0.29, 0.717) is 34.1 Å². The number of nitrogens with zero attached hydrogens (tertiary/aromatic N) is 2. The fourth-order valence-corrected chi connectivity index (χ4v) is 3.38. The first-order valence-corrected chi connectivity index (χ1v) is 9.88. The van der Waals surface area contributed by atoms with E-state index in [0.717, 1.165) is 11.1 Å². The van der Waals surface area contributed by atoms with E-state index in [1.54, 1.807) is 35.0 Å². The van der Waals surface area contributed by atoms with Gasteiger partial charge in [-0.15, -0.1) is 0 Å². The molecule has 0 saturated carbocycles. The van der Waals surface area contributed by atoms with Crippen LogP contribution in [0.2, 0.25) is 0 Å². The number of amides is 1. The molecule has 0 bridgehead atoms. The number of hydrogen-bond acceptors (Lipinski definition) is 4. The average Bonchev–Trinajstić information content (AvgIpc) is 3.10. The smallest absolute Gasteiger partial charge is 0.272 e. The Labute approximate surface area is 180 Å². The number of aryl methyl sites for hydroxylation is 3. The number of hydrogen-bond donors (Lipinski definition) is 2. The number of phenolic OH excluding ortho intramolecular Hbond substituents is 1. The molecule has 0 aliphatic rings. The molecule has 0 radical (unpaired) electrons. The molecule has 0 aliphatic heterocycles. The van der Waals surface area contributed by atoms with E-state index in [4.69, 9.17) is 4.74 Å². The van der Waals surface area contributed by atoms with Crippen molar-refractivity contribution in [1.82, 2.24) is 9.55 Å². The monoisotopic (exact) mass is 413 g/mol. The molecule has 6 heteroatoms. The third-order valence-corrected chi connectivity index (χ3v) is 4.98. The SMILES string of the molecule is Cc1cc(C(=O)Nc2cc(Oc3ccc(O)c(-c4ccccn4)c3)ccc2C)n(C)c1. The van der Waals surface area contributed by atoms with Crippen LogP contribution in [0.1, 0.15) is 21.6 Å². The van der Waals surface area contributed by atoms with Crippen molar-refractivity contribution in [2.45, 2.75) is 13.8 Å². The molecule has 0 fully saturated rings. The Morgan fingerprint density at radius 2 is 1.81 bits per heavy atom. The van der Waals surface area contributed by atoms with Crippen LogP contribution in [0, 0.1) is 13.8 Å². The van der Waals surface area contributed by atoms with E-state index >= 15 is 0 Å². The topological polar surface area (TPSA) is 76.4 Å². The van der Waals surface area contributed by atoms with E-state index in [1.165, 1.54) is 0 Å². The van der Waals surface area contributed by atoms with Gasteiger partial charge in [0.05, 0.1) is 5.69 Å². The maximum atomic E-state index is 12.7. The highest BCUT2D eigenvalue weighted by Crippen LogP contribution is 2.34. The van der Waals surface area contributed by atoms with Crippen molar-refractivity contribution >= 4 is 11.6 Å². The molecule has 2 aromatic carbocycles. The van der Waals surface area contributed by atoms with Gasteiger partial charge in [0, 0.05) is 36.8 Å². The highest BCUT2D eigenvalue weighted by atomic mass is 16.5. The van der Waals surface area contributed by atoms with Gasteiger partial charge in [-0.25, -0.2) is 0 Å². The molecule has 4 aromatic rings. The van der Waals surface area contributed by atoms with Crippen molar-refractivity contribution in [3.63, 3.8) is 0 Å². The standard InChI is InChI=1S/C25H23N3O3/c1-16-12-23(28(3)15-16)25(30)27-22-14-19(8-7-17(22)2)31-18-9-10-24(29)20(13-18)21-6-4-5-11-26-21/h4-15,29H,1-3H3,(H,27,30). The number of pyridine rings is 1. The third kappa shape index (κ3) is 4.43. The summed E-state index contributed by atoms with van der Waals surface area (Å²) in [7, 11) is 1.85. The number of phenols is 1. The van der Waals surface area contributed by atoms with Crippen LogP contribution in [0.3, 0.4) is 0 Å². The summed E-state index contributed by atoms with van der Waals surface area (Å²) in [6.45, 7) is 3.88. The lowest BCUT2D eigenvalue weighted by Gasteiger charge is -2.13. The molecule has 2 aromatic heterocycles. The molecule has 0 spiro atoms. The predicted molar refractivity (Wildman–Crippen MR) is 121 cm³/mol. The fourth-order valence-electron chi connectivity index (χ4n) is 3.38. The zero-order valence-corrected chi connectivity index (χ0v) is 17.6. The summed E-state index contributed by atoms with van der Waals surface area (Å²) in [6, 6.07) is 17.9. The lowest BCUT2D eigenvalue weighted by molar-refractivity contribution is 0.101. The van der Waals surface area contributed by atoms with Gasteiger partial charge in [-0.2, -0.15) is 0 Å². The maximum absolute atomic E-state index is 12.7. The van der Waals surface area contributed by atoms with Crippen LogP contribution < -0.4 is 10.1 Å². The third-order valence-electron chi connectivity index (χ3n) is 4.98. The van der Waals surface area contributed by atoms with Crippen molar-refractivity contribution < 1.29 is 14.6 Å². The molecular weight excluding hydrogens is 390 g/mol. The summed E-state index contributed by atoms with van der Waals surface area (Å²) < 4.78 is 7.81. The molecular formula is C25H23N3O3. The molecule has 0 aliphatic carbocycles. The number of carbonyl (C=O) groups is 1. The van der Waals surface area contributed by atoms with E-state index in [2.05, 4.69) is 10.3 Å². The Bertz CT molecular complexity index is 1250. The van der Waals surface area contributed by atoms with Crippen LogP contribution in [-0.4, -0.2) is 20.6 Å². The van der Waals surface area contributed by atoms with Gasteiger partial charge in [0.1, 0.15) is 22.9 Å². The number of nitrogens with one attached hydrogen (secondary N) is 1. The molecule has 4 rings (SSSR count). The molecule has 0 unspecified atom stereocenters. The second-order valence-corrected chi connectivity index (χ2v) is 7.44. The minimum atomic E-state index is -0.182. The van der Waals surface area contributed by atoms with Crippen LogP contribution in [0.15, 0.2) is 73.1 Å². The van der Waals surface area contributed by atoms with Crippen LogP contribution in [0.25, 0.3) is 11.3 Å². The molecule has 0 atom stereocenters. The zero-order chi connectivity index (χ0) is 22.0. The van der Waals surface area contributed by atoms with E-state index in [-0.39, 0.29) is 11.7 Å². The highest BCUT2D eigenvalue weighted by Gasteiger charge is 2.13. The van der Waals surface area contributed by atoms with Gasteiger partial charge in [0.2, 0.25) is 0 Å². The summed E-state index contributed by atoms with van der Waals surface area (Å²) >= 11 is 0. The average molecular weight is 413 g/mol. The van der Waals surface area contributed by atoms with Gasteiger partial charge in [-0.3, -0.25) is 9.78 Å². The summed E-state index contributed by atoms with van der Waals surface area (Å²) in [6.07, 6.45) is 3.58. The molecule has 156 valence electrons. The zero-order valence-electron chi connectivity index (χ0n) is 17.6. The first-order chi connectivity index (χ1) is 14.9. The van der Waals surface area contributed by atoms with Crippen LogP contribution in [0.5, 0.6) is 17.2 Å². The Morgan fingerprint density at radius 3 is 2.52 bits per heavy atom. The second-order valence-electron chi connectivity index (χ2n) is 7.44. The van der Waals surface area contributed by atoms with Gasteiger partial charge >= 0.3 is 0 Å². The molecule has 1 amide bonds. The summed E-state index contributed by atoms with van der Waals surface area (Å²) in [5.74, 6) is 1.07. The van der Waals surface area contributed by atoms with Crippen molar-refractivity contribution in [2.75, 3.05) is 5.32 Å². The molecule has 6 nitrogen and oxygen atoms in total. The maximum Gasteiger partial charge on any atom is 0.272 e. The Hall–Kier alpha value is -4.06. The van der Waals surface area contributed by atoms with Crippen molar-refractivity contribution in [1.29, 1.82) is 0 Å². The first-order valence-electron chi connectivity index (χ1n) is 9.88. The van der Waals surface area contributed by atoms with Crippen molar-refractivity contribution in [3.05, 3.63) is 89.9 Å². The van der Waals surface area contributed by atoms with Crippen LogP contribution in [-0.2, 0) is 7.05 Å². The first kappa shape index (κ1) is 20.2. The van der Waals surface area contributed by atoms with Crippen LogP contribution >= 0.6 is 0 Å².